The topological polar surface area (TPSA) is 87.2 Å². The van der Waals surface area contributed by atoms with Crippen LogP contribution in [0.25, 0.3) is 10.8 Å². The molecule has 33 heavy (non-hydrogen) atoms. The highest BCUT2D eigenvalue weighted by molar-refractivity contribution is 6.34. The lowest BCUT2D eigenvalue weighted by Gasteiger charge is -2.45. The molecule has 1 aromatic carbocycles. The fourth-order valence-corrected chi connectivity index (χ4v) is 5.23. The Morgan fingerprint density at radius 2 is 2.09 bits per heavy atom. The molecule has 3 fully saturated rings. The number of nitrogens with zero attached hydrogens (tertiary/aromatic N) is 3. The summed E-state index contributed by atoms with van der Waals surface area (Å²) in [4.78, 5) is 21.5. The molecule has 3 heterocycles. The maximum Gasteiger partial charge on any atom is 0.231 e. The molecule has 3 aliphatic rings. The quantitative estimate of drug-likeness (QED) is 0.665. The van der Waals surface area contributed by atoms with Gasteiger partial charge in [-0.2, -0.15) is 0 Å². The van der Waals surface area contributed by atoms with Crippen molar-refractivity contribution in [2.45, 2.75) is 38.0 Å². The second-order valence-electron chi connectivity index (χ2n) is 9.41. The number of hydrogen-bond donors (Lipinski definition) is 2. The van der Waals surface area contributed by atoms with Crippen LogP contribution < -0.4 is 10.2 Å². The number of pyridine rings is 1. The van der Waals surface area contributed by atoms with Gasteiger partial charge >= 0.3 is 0 Å². The summed E-state index contributed by atoms with van der Waals surface area (Å²) in [5.74, 6) is 0.401. The van der Waals surface area contributed by atoms with Crippen LogP contribution in [0.15, 0.2) is 24.4 Å². The SMILES string of the molecule is CCOC1CC1C(=O)Nc1cc2cc(N3CCN(C4(C)COCC4O)CC3)c(Cl)cc2cn1. The molecule has 1 aromatic heterocycles. The zero-order valence-corrected chi connectivity index (χ0v) is 19.8. The minimum Gasteiger partial charge on any atom is -0.389 e. The van der Waals surface area contributed by atoms with Crippen LogP contribution in [0.1, 0.15) is 20.3 Å². The zero-order valence-electron chi connectivity index (χ0n) is 19.1. The van der Waals surface area contributed by atoms with E-state index in [1.807, 2.05) is 19.1 Å². The standard InChI is InChI=1S/C24H31ClN4O4/c1-3-33-20-11-17(20)23(31)27-22-10-15-9-19(18(25)8-16(15)12-26-22)28-4-6-29(7-5-28)24(2)14-32-13-21(24)30/h8-10,12,17,20-21,30H,3-7,11,13-14H2,1-2H3,(H,26,27,31). The predicted molar refractivity (Wildman–Crippen MR) is 128 cm³/mol. The first-order valence-corrected chi connectivity index (χ1v) is 12.0. The molecule has 9 heteroatoms. The van der Waals surface area contributed by atoms with Crippen LogP contribution in [0, 0.1) is 5.92 Å². The molecule has 2 N–H and O–H groups in total. The minimum absolute atomic E-state index is 0.0266. The van der Waals surface area contributed by atoms with Crippen molar-refractivity contribution in [1.29, 1.82) is 0 Å². The van der Waals surface area contributed by atoms with Crippen LogP contribution in [-0.2, 0) is 14.3 Å². The molecule has 4 unspecified atom stereocenters. The second-order valence-corrected chi connectivity index (χ2v) is 9.81. The number of carbonyl (C=O) groups is 1. The number of carbonyl (C=O) groups excluding carboxylic acids is 1. The van der Waals surface area contributed by atoms with E-state index in [1.165, 1.54) is 0 Å². The summed E-state index contributed by atoms with van der Waals surface area (Å²) in [5.41, 5.74) is 0.639. The smallest absolute Gasteiger partial charge is 0.231 e. The molecule has 1 amide bonds. The van der Waals surface area contributed by atoms with E-state index in [2.05, 4.69) is 33.1 Å². The molecule has 0 radical (unpaired) electrons. The Morgan fingerprint density at radius 3 is 2.79 bits per heavy atom. The number of aromatic nitrogens is 1. The lowest BCUT2D eigenvalue weighted by molar-refractivity contribution is -0.118. The van der Waals surface area contributed by atoms with Crippen molar-refractivity contribution in [3.63, 3.8) is 0 Å². The van der Waals surface area contributed by atoms with Crippen molar-refractivity contribution in [1.82, 2.24) is 9.88 Å². The second kappa shape index (κ2) is 9.00. The van der Waals surface area contributed by atoms with E-state index in [1.54, 1.807) is 6.20 Å². The van der Waals surface area contributed by atoms with Gasteiger partial charge in [-0.15, -0.1) is 0 Å². The summed E-state index contributed by atoms with van der Waals surface area (Å²) in [6.45, 7) is 8.85. The summed E-state index contributed by atoms with van der Waals surface area (Å²) in [7, 11) is 0. The average molecular weight is 475 g/mol. The highest BCUT2D eigenvalue weighted by Gasteiger charge is 2.45. The summed E-state index contributed by atoms with van der Waals surface area (Å²) >= 11 is 6.64. The van der Waals surface area contributed by atoms with E-state index in [9.17, 15) is 9.90 Å². The number of aliphatic hydroxyl groups is 1. The maximum atomic E-state index is 12.5. The fourth-order valence-electron chi connectivity index (χ4n) is 4.94. The molecule has 1 saturated carbocycles. The van der Waals surface area contributed by atoms with Gasteiger partial charge in [-0.25, -0.2) is 4.98 Å². The van der Waals surface area contributed by atoms with Gasteiger partial charge in [0.2, 0.25) is 5.91 Å². The number of ether oxygens (including phenoxy) is 2. The Morgan fingerprint density at radius 1 is 1.30 bits per heavy atom. The summed E-state index contributed by atoms with van der Waals surface area (Å²) in [6, 6.07) is 5.90. The van der Waals surface area contributed by atoms with Crippen LogP contribution in [0.5, 0.6) is 0 Å². The van der Waals surface area contributed by atoms with Crippen molar-refractivity contribution in [3.05, 3.63) is 29.4 Å². The number of amides is 1. The van der Waals surface area contributed by atoms with Gasteiger partial charge in [-0.1, -0.05) is 11.6 Å². The van der Waals surface area contributed by atoms with E-state index >= 15 is 0 Å². The number of fused-ring (bicyclic) bond motifs is 1. The number of anilines is 2. The van der Waals surface area contributed by atoms with Gasteiger partial charge in [0.15, 0.2) is 0 Å². The molecule has 0 spiro atoms. The number of hydrogen-bond acceptors (Lipinski definition) is 7. The molecule has 2 aromatic rings. The van der Waals surface area contributed by atoms with Gasteiger partial charge in [0.05, 0.1) is 47.6 Å². The van der Waals surface area contributed by atoms with Crippen LogP contribution in [0.3, 0.4) is 0 Å². The van der Waals surface area contributed by atoms with Gasteiger partial charge in [-0.05, 0) is 43.9 Å². The zero-order chi connectivity index (χ0) is 23.2. The predicted octanol–water partition coefficient (Wildman–Crippen LogP) is 2.52. The third kappa shape index (κ3) is 4.42. The van der Waals surface area contributed by atoms with Crippen LogP contribution in [0.2, 0.25) is 5.02 Å². The number of halogens is 1. The lowest BCUT2D eigenvalue weighted by atomic mass is 9.95. The third-order valence-corrected chi connectivity index (χ3v) is 7.52. The Kier molecular flexibility index (Phi) is 6.22. The number of rotatable bonds is 6. The largest absolute Gasteiger partial charge is 0.389 e. The number of benzene rings is 1. The normalized spacial score (nSPS) is 30.1. The summed E-state index contributed by atoms with van der Waals surface area (Å²) in [6.07, 6.45) is 2.07. The van der Waals surface area contributed by atoms with Crippen molar-refractivity contribution in [2.24, 2.45) is 5.92 Å². The monoisotopic (exact) mass is 474 g/mol. The van der Waals surface area contributed by atoms with Crippen LogP contribution >= 0.6 is 11.6 Å². The molecule has 8 nitrogen and oxygen atoms in total. The number of aliphatic hydroxyl groups excluding tert-OH is 1. The molecule has 2 aliphatic heterocycles. The third-order valence-electron chi connectivity index (χ3n) is 7.22. The van der Waals surface area contributed by atoms with Crippen molar-refractivity contribution >= 4 is 39.8 Å². The van der Waals surface area contributed by atoms with Gasteiger partial charge in [0.1, 0.15) is 5.82 Å². The van der Waals surface area contributed by atoms with E-state index in [0.717, 1.165) is 49.1 Å². The van der Waals surface area contributed by atoms with E-state index < -0.39 is 6.10 Å². The van der Waals surface area contributed by atoms with Crippen molar-refractivity contribution in [2.75, 3.05) is 56.2 Å². The Bertz CT molecular complexity index is 1040. The molecular formula is C24H31ClN4O4. The minimum atomic E-state index is -0.464. The highest BCUT2D eigenvalue weighted by atomic mass is 35.5. The maximum absolute atomic E-state index is 12.5. The average Bonchev–Trinajstić information content (AvgIpc) is 3.50. The molecule has 178 valence electrons. The molecule has 2 saturated heterocycles. The van der Waals surface area contributed by atoms with Gasteiger partial charge < -0.3 is 24.8 Å². The molecule has 5 rings (SSSR count). The first kappa shape index (κ1) is 22.8. The summed E-state index contributed by atoms with van der Waals surface area (Å²) in [5, 5.41) is 15.9. The first-order chi connectivity index (χ1) is 15.9. The van der Waals surface area contributed by atoms with E-state index in [-0.39, 0.29) is 23.5 Å². The number of piperazine rings is 1. The Labute approximate surface area is 198 Å². The Hall–Kier alpha value is -1.97. The van der Waals surface area contributed by atoms with Crippen molar-refractivity contribution < 1.29 is 19.4 Å². The van der Waals surface area contributed by atoms with Gasteiger partial charge in [-0.3, -0.25) is 9.69 Å². The highest BCUT2D eigenvalue weighted by Crippen LogP contribution is 2.36. The molecule has 0 bridgehead atoms. The fraction of sp³-hybridized carbons (Fsp3) is 0.583. The van der Waals surface area contributed by atoms with E-state index in [4.69, 9.17) is 21.1 Å². The van der Waals surface area contributed by atoms with Crippen LogP contribution in [-0.4, -0.2) is 84.6 Å². The van der Waals surface area contributed by atoms with Crippen LogP contribution in [0.4, 0.5) is 11.5 Å². The van der Waals surface area contributed by atoms with E-state index in [0.29, 0.717) is 30.7 Å². The first-order valence-electron chi connectivity index (χ1n) is 11.7. The molecular weight excluding hydrogens is 444 g/mol. The molecule has 1 aliphatic carbocycles. The van der Waals surface area contributed by atoms with Gasteiger partial charge in [0, 0.05) is 44.4 Å². The lowest BCUT2D eigenvalue weighted by Crippen LogP contribution is -2.60. The van der Waals surface area contributed by atoms with Gasteiger partial charge in [0.25, 0.3) is 0 Å². The van der Waals surface area contributed by atoms with Crippen molar-refractivity contribution in [3.8, 4) is 0 Å². The summed E-state index contributed by atoms with van der Waals surface area (Å²) < 4.78 is 11.0. The number of nitrogens with one attached hydrogen (secondary N) is 1. The Balaban J connectivity index is 1.29. The molecule has 4 atom stereocenters.